The predicted molar refractivity (Wildman–Crippen MR) is 425 cm³/mol. The molecule has 0 radical (unpaired) electrons. The Morgan fingerprint density at radius 2 is 0.511 bits per heavy atom. The molecule has 0 aliphatic carbocycles. The van der Waals surface area contributed by atoms with Crippen molar-refractivity contribution in [2.24, 2.45) is 81.2 Å². The third kappa shape index (κ3) is 88.5. The van der Waals surface area contributed by atoms with Gasteiger partial charge in [-0.25, -0.2) is 0 Å². The lowest BCUT2D eigenvalue weighted by molar-refractivity contribution is -0.165. The van der Waals surface area contributed by atoms with E-state index < -0.39 is 10.8 Å². The van der Waals surface area contributed by atoms with Crippen LogP contribution in [-0.4, -0.2) is 65.6 Å². The highest BCUT2D eigenvalue weighted by Crippen LogP contribution is 2.38. The van der Waals surface area contributed by atoms with Crippen LogP contribution in [0.15, 0.2) is 0 Å². The molecule has 0 aromatic heterocycles. The zero-order valence-electron chi connectivity index (χ0n) is 74.9. The van der Waals surface area contributed by atoms with E-state index in [2.05, 4.69) is 249 Å². The fraction of sp³-hybridized carbons (Fsp3) is 0.965. The molecule has 0 aromatic carbocycles. The number of aliphatic hydroxyl groups is 1. The quantitative estimate of drug-likeness (QED) is 0.262. The van der Waals surface area contributed by atoms with Crippen molar-refractivity contribution < 1.29 is 38.4 Å². The Labute approximate surface area is 597 Å². The topological polar surface area (TPSA) is 108 Å². The molecule has 0 aliphatic heterocycles. The summed E-state index contributed by atoms with van der Waals surface area (Å²) >= 11 is 0. The number of ketones is 1. The number of ether oxygens (including phenoxy) is 4. The zero-order chi connectivity index (χ0) is 78.7. The van der Waals surface area contributed by atoms with Crippen molar-refractivity contribution in [1.29, 1.82) is 0 Å². The van der Waals surface area contributed by atoms with Gasteiger partial charge in [0.2, 0.25) is 0 Å². The van der Waals surface area contributed by atoms with Crippen molar-refractivity contribution in [3.8, 4) is 0 Å². The second-order valence-corrected chi connectivity index (χ2v) is 46.2. The zero-order valence-corrected chi connectivity index (χ0v) is 74.9. The monoisotopic (exact) mass is 1350 g/mol. The van der Waals surface area contributed by atoms with Gasteiger partial charge in [-0.1, -0.05) is 284 Å². The van der Waals surface area contributed by atoms with Gasteiger partial charge in [-0.15, -0.1) is 0 Å². The van der Waals surface area contributed by atoms with E-state index in [1.807, 2.05) is 125 Å². The summed E-state index contributed by atoms with van der Waals surface area (Å²) in [6.45, 7) is 115. The van der Waals surface area contributed by atoms with Gasteiger partial charge in [0, 0.05) is 24.5 Å². The summed E-state index contributed by atoms with van der Waals surface area (Å²) in [6, 6.07) is 0. The summed E-state index contributed by atoms with van der Waals surface area (Å²) in [4.78, 5) is 34.0. The third-order valence-electron chi connectivity index (χ3n) is 14.0. The van der Waals surface area contributed by atoms with E-state index in [1.54, 1.807) is 7.11 Å². The van der Waals surface area contributed by atoms with Gasteiger partial charge in [0.05, 0.1) is 28.6 Å². The summed E-state index contributed by atoms with van der Waals surface area (Å²) in [5.74, 6) is 0.0231. The highest BCUT2D eigenvalue weighted by molar-refractivity contribution is 5.88. The fourth-order valence-electron chi connectivity index (χ4n) is 7.86. The Morgan fingerprint density at radius 1 is 0.298 bits per heavy atom. The van der Waals surface area contributed by atoms with Gasteiger partial charge in [-0.05, 0) is 196 Å². The molecule has 0 spiro atoms. The van der Waals surface area contributed by atoms with Crippen LogP contribution in [0.25, 0.3) is 0 Å². The second-order valence-electron chi connectivity index (χ2n) is 46.2. The van der Waals surface area contributed by atoms with Gasteiger partial charge in [-0.3, -0.25) is 14.4 Å². The maximum atomic E-state index is 11.5. The molecular weight excluding hydrogens is 1160 g/mol. The molecule has 0 aliphatic rings. The molecule has 0 atom stereocenters. The lowest BCUT2D eigenvalue weighted by Crippen LogP contribution is -2.39. The summed E-state index contributed by atoms with van der Waals surface area (Å²) in [6.07, 6.45) is 7.94. The van der Waals surface area contributed by atoms with Crippen LogP contribution < -0.4 is 0 Å². The number of methoxy groups -OCH3 is 1. The Bertz CT molecular complexity index is 1740. The lowest BCUT2D eigenvalue weighted by Gasteiger charge is -2.39. The first-order chi connectivity index (χ1) is 39.1. The highest BCUT2D eigenvalue weighted by atomic mass is 16.6. The van der Waals surface area contributed by atoms with Crippen molar-refractivity contribution in [3.05, 3.63) is 0 Å². The SMILES string of the molecule is C.CC(C)(C)C(=O)C(C)(C)C.CC(C)(C)C(C)(C)C.CC(C)(C)C(O)C(C)(C)C.CC(C)(C)CCC(C)(C)C.CC(C)(C)CCCC(C)(C)C.CC(C)(C)CCOC(C)(C)C.CC(C)(C)OC(=O)C(C)(C)C.CC(C)(C)OC(=O)C(C)(C)C.COC(C(C)(C)C)C(C)(C)C. The first-order valence-corrected chi connectivity index (χ1v) is 36.0. The summed E-state index contributed by atoms with van der Waals surface area (Å²) in [5.41, 5.74) is 1.87. The molecule has 8 heteroatoms. The molecule has 578 valence electrons. The minimum absolute atomic E-state index is 0. The molecule has 0 rings (SSSR count). The number of Topliss-reactive ketones (excluding diaryl/α,β-unsaturated/α-hetero) is 1. The molecule has 0 bridgehead atoms. The van der Waals surface area contributed by atoms with Gasteiger partial charge in [0.1, 0.15) is 17.0 Å². The number of hydrogen-bond donors (Lipinski definition) is 1. The van der Waals surface area contributed by atoms with Crippen LogP contribution in [0.1, 0.15) is 420 Å². The van der Waals surface area contributed by atoms with Crippen LogP contribution in [0.3, 0.4) is 0 Å². The van der Waals surface area contributed by atoms with Crippen LogP contribution >= 0.6 is 0 Å². The van der Waals surface area contributed by atoms with E-state index in [4.69, 9.17) is 18.9 Å². The number of esters is 2. The van der Waals surface area contributed by atoms with E-state index in [1.165, 1.54) is 32.1 Å². The molecule has 0 aromatic rings. The van der Waals surface area contributed by atoms with Crippen LogP contribution in [0.2, 0.25) is 0 Å². The maximum Gasteiger partial charge on any atom is 0.311 e. The van der Waals surface area contributed by atoms with Gasteiger partial charge in [0.15, 0.2) is 0 Å². The van der Waals surface area contributed by atoms with Crippen molar-refractivity contribution in [2.45, 2.75) is 449 Å². The molecular formula is C86H186O8. The van der Waals surface area contributed by atoms with Crippen molar-refractivity contribution in [3.63, 3.8) is 0 Å². The van der Waals surface area contributed by atoms with Crippen molar-refractivity contribution in [2.75, 3.05) is 13.7 Å². The normalized spacial score (nSPS) is 13.5. The number of aliphatic hydroxyl groups excluding tert-OH is 1. The van der Waals surface area contributed by atoms with Gasteiger partial charge >= 0.3 is 11.9 Å². The van der Waals surface area contributed by atoms with Gasteiger partial charge < -0.3 is 24.1 Å². The average molecular weight is 1350 g/mol. The van der Waals surface area contributed by atoms with Gasteiger partial charge in [-0.2, -0.15) is 0 Å². The summed E-state index contributed by atoms with van der Waals surface area (Å²) < 4.78 is 21.4. The van der Waals surface area contributed by atoms with E-state index in [0.29, 0.717) is 49.8 Å². The summed E-state index contributed by atoms with van der Waals surface area (Å²) in [7, 11) is 1.79. The Kier molecular flexibility index (Phi) is 51.7. The van der Waals surface area contributed by atoms with E-state index >= 15 is 0 Å². The van der Waals surface area contributed by atoms with Crippen molar-refractivity contribution in [1.82, 2.24) is 0 Å². The second kappa shape index (κ2) is 42.7. The molecule has 94 heavy (non-hydrogen) atoms. The smallest absolute Gasteiger partial charge is 0.311 e. The van der Waals surface area contributed by atoms with E-state index in [-0.39, 0.29) is 74.8 Å². The molecule has 0 heterocycles. The van der Waals surface area contributed by atoms with E-state index in [0.717, 1.165) is 13.0 Å². The molecule has 0 saturated heterocycles. The number of carbonyl (C=O) groups is 3. The molecule has 1 N–H and O–H groups in total. The molecule has 0 saturated carbocycles. The van der Waals surface area contributed by atoms with Crippen LogP contribution in [-0.2, 0) is 33.3 Å². The Morgan fingerprint density at radius 3 is 0.585 bits per heavy atom. The van der Waals surface area contributed by atoms with Crippen LogP contribution in [0.4, 0.5) is 0 Å². The first kappa shape index (κ1) is 114. The molecule has 0 fully saturated rings. The summed E-state index contributed by atoms with van der Waals surface area (Å²) in [5, 5.41) is 9.72. The van der Waals surface area contributed by atoms with Crippen LogP contribution in [0, 0.1) is 81.2 Å². The minimum Gasteiger partial charge on any atom is -0.460 e. The molecule has 0 amide bonds. The van der Waals surface area contributed by atoms with Crippen molar-refractivity contribution >= 4 is 17.7 Å². The van der Waals surface area contributed by atoms with Crippen LogP contribution in [0.5, 0.6) is 0 Å². The largest absolute Gasteiger partial charge is 0.460 e. The fourth-order valence-corrected chi connectivity index (χ4v) is 7.86. The number of rotatable bonds is 6. The third-order valence-corrected chi connectivity index (χ3v) is 14.0. The van der Waals surface area contributed by atoms with Gasteiger partial charge in [0.25, 0.3) is 0 Å². The Balaban J connectivity index is -0.000000106. The Hall–Kier alpha value is -1.51. The molecule has 0 unspecified atom stereocenters. The lowest BCUT2D eigenvalue weighted by atomic mass is 9.71. The first-order valence-electron chi connectivity index (χ1n) is 36.0. The molecule has 8 nitrogen and oxygen atoms in total. The predicted octanol–water partition coefficient (Wildman–Crippen LogP) is 28.0. The average Bonchev–Trinajstić information content (AvgIpc) is 3.17. The maximum absolute atomic E-state index is 11.5. The number of carbonyl (C=O) groups excluding carboxylic acids is 3. The van der Waals surface area contributed by atoms with E-state index in [9.17, 15) is 19.5 Å². The minimum atomic E-state index is -0.396. The number of hydrogen-bond acceptors (Lipinski definition) is 8. The highest BCUT2D eigenvalue weighted by Gasteiger charge is 2.36. The standard InChI is InChI=1S/C11H24.2C10H22O.C10H22.2C9H18O2.C9H20O.C9H18O.C8H18.CH4/c1-10(2,3)8-7-9-11(4,5)6;1-9(2,3)8(11-7)10(4,5)6;1-9(2,3)7-8-11-10(4,5)6;1-9(2,3)7-8-10(4,5)6;2*1-8(2,3)7(10)11-9(4,5)6;2*1-8(2,3)7(10)9(4,5)6;1-7(2,3)8(4,5)6;/h7-9H2,1-6H3;8H,1-7H3;7-8H2,1-6H3;7-8H2,1-6H3;2*1-6H3;7,10H,1-6H3;1-6H3;1-6H3;1H4.